The van der Waals surface area contributed by atoms with Crippen molar-refractivity contribution in [1.29, 1.82) is 0 Å². The van der Waals surface area contributed by atoms with E-state index < -0.39 is 17.6 Å². The second-order valence-electron chi connectivity index (χ2n) is 5.90. The van der Waals surface area contributed by atoms with Crippen molar-refractivity contribution < 1.29 is 22.3 Å². The van der Waals surface area contributed by atoms with Gasteiger partial charge in [0.2, 0.25) is 5.88 Å². The number of thiocarbonyl (C=S) groups is 1. The summed E-state index contributed by atoms with van der Waals surface area (Å²) in [5, 5.41) is 8.15. The molecule has 0 unspecified atom stereocenters. The minimum Gasteiger partial charge on any atom is -0.436 e. The van der Waals surface area contributed by atoms with Crippen LogP contribution in [0.2, 0.25) is 0 Å². The minimum absolute atomic E-state index is 0.00291. The van der Waals surface area contributed by atoms with E-state index in [9.17, 15) is 17.6 Å². The summed E-state index contributed by atoms with van der Waals surface area (Å²) in [5.74, 6) is -0.107. The number of halogens is 4. The van der Waals surface area contributed by atoms with Crippen molar-refractivity contribution in [2.45, 2.75) is 6.18 Å². The summed E-state index contributed by atoms with van der Waals surface area (Å²) < 4.78 is 58.1. The number of aromatic nitrogens is 2. The van der Waals surface area contributed by atoms with Crippen LogP contribution >= 0.6 is 12.2 Å². The Morgan fingerprint density at radius 1 is 1.00 bits per heavy atom. The third-order valence-corrected chi connectivity index (χ3v) is 3.95. The zero-order valence-electron chi connectivity index (χ0n) is 15.4. The molecule has 0 saturated carbocycles. The van der Waals surface area contributed by atoms with Crippen molar-refractivity contribution in [1.82, 2.24) is 9.97 Å². The van der Waals surface area contributed by atoms with Crippen LogP contribution in [0.1, 0.15) is 5.56 Å². The van der Waals surface area contributed by atoms with Crippen LogP contribution in [0.25, 0.3) is 0 Å². The van der Waals surface area contributed by atoms with Gasteiger partial charge in [-0.1, -0.05) is 6.07 Å². The lowest BCUT2D eigenvalue weighted by Crippen LogP contribution is -2.19. The van der Waals surface area contributed by atoms with E-state index in [-0.39, 0.29) is 28.1 Å². The van der Waals surface area contributed by atoms with Crippen LogP contribution in [0.4, 0.5) is 34.8 Å². The molecule has 0 aliphatic heterocycles. The van der Waals surface area contributed by atoms with Gasteiger partial charge in [-0.25, -0.2) is 14.4 Å². The van der Waals surface area contributed by atoms with Gasteiger partial charge < -0.3 is 20.7 Å². The van der Waals surface area contributed by atoms with E-state index in [1.807, 2.05) is 0 Å². The first-order valence-corrected chi connectivity index (χ1v) is 8.88. The van der Waals surface area contributed by atoms with E-state index in [1.54, 1.807) is 7.05 Å². The molecule has 0 fully saturated rings. The van der Waals surface area contributed by atoms with Crippen LogP contribution < -0.4 is 20.7 Å². The van der Waals surface area contributed by atoms with Crippen molar-refractivity contribution in [2.24, 2.45) is 0 Å². The summed E-state index contributed by atoms with van der Waals surface area (Å²) in [5.41, 5.74) is -0.385. The molecule has 156 valence electrons. The molecule has 11 heteroatoms. The van der Waals surface area contributed by atoms with Crippen LogP contribution in [0.15, 0.2) is 54.9 Å². The average Bonchev–Trinajstić information content (AvgIpc) is 2.70. The molecule has 0 saturated heterocycles. The highest BCUT2D eigenvalue weighted by Crippen LogP contribution is 2.31. The quantitative estimate of drug-likeness (QED) is 0.371. The van der Waals surface area contributed by atoms with Gasteiger partial charge in [-0.05, 0) is 42.5 Å². The maximum absolute atomic E-state index is 14.4. The zero-order valence-corrected chi connectivity index (χ0v) is 16.2. The zero-order chi connectivity index (χ0) is 21.7. The lowest BCUT2D eigenvalue weighted by Gasteiger charge is -2.13. The molecular weight excluding hydrogens is 422 g/mol. The summed E-state index contributed by atoms with van der Waals surface area (Å²) in [6, 6.07) is 10.1. The van der Waals surface area contributed by atoms with Crippen molar-refractivity contribution in [3.8, 4) is 11.6 Å². The summed E-state index contributed by atoms with van der Waals surface area (Å²) >= 11 is 5.08. The third-order valence-electron chi connectivity index (χ3n) is 3.75. The van der Waals surface area contributed by atoms with Gasteiger partial charge in [-0.15, -0.1) is 0 Å². The molecule has 1 aromatic heterocycles. The molecule has 6 nitrogen and oxygen atoms in total. The van der Waals surface area contributed by atoms with E-state index in [4.69, 9.17) is 17.0 Å². The van der Waals surface area contributed by atoms with Crippen molar-refractivity contribution in [2.75, 3.05) is 23.0 Å². The maximum atomic E-state index is 14.4. The molecule has 3 N–H and O–H groups in total. The third kappa shape index (κ3) is 5.54. The molecule has 1 heterocycles. The number of alkyl halides is 3. The molecule has 30 heavy (non-hydrogen) atoms. The van der Waals surface area contributed by atoms with E-state index in [1.165, 1.54) is 36.7 Å². The second-order valence-corrected chi connectivity index (χ2v) is 6.30. The van der Waals surface area contributed by atoms with E-state index >= 15 is 0 Å². The summed E-state index contributed by atoms with van der Waals surface area (Å²) in [6.45, 7) is 0. The Kier molecular flexibility index (Phi) is 6.31. The van der Waals surface area contributed by atoms with E-state index in [0.717, 1.165) is 18.2 Å². The second kappa shape index (κ2) is 8.91. The van der Waals surface area contributed by atoms with Crippen LogP contribution in [0, 0.1) is 5.82 Å². The van der Waals surface area contributed by atoms with Gasteiger partial charge in [0.05, 0.1) is 5.56 Å². The number of nitrogens with zero attached hydrogens (tertiary/aromatic N) is 2. The standard InChI is InChI=1S/C19H15F4N5OS/c1-24-16-9-17(26-10-25-16)29-15-6-5-13(8-14(15)20)28-18(30)27-12-4-2-3-11(7-12)19(21,22)23/h2-10H,1H3,(H,24,25,26)(H2,27,28,30). The number of anilines is 3. The number of rotatable bonds is 5. The fraction of sp³-hybridized carbons (Fsp3) is 0.105. The predicted octanol–water partition coefficient (Wildman–Crippen LogP) is 5.28. The number of benzene rings is 2. The fourth-order valence-electron chi connectivity index (χ4n) is 2.37. The number of hydrogen-bond acceptors (Lipinski definition) is 5. The highest BCUT2D eigenvalue weighted by Gasteiger charge is 2.30. The van der Waals surface area contributed by atoms with Crippen LogP contribution in [0.3, 0.4) is 0 Å². The predicted molar refractivity (Wildman–Crippen MR) is 109 cm³/mol. The van der Waals surface area contributed by atoms with Gasteiger partial charge in [0.15, 0.2) is 16.7 Å². The largest absolute Gasteiger partial charge is 0.436 e. The van der Waals surface area contributed by atoms with Crippen molar-refractivity contribution >= 4 is 34.5 Å². The summed E-state index contributed by atoms with van der Waals surface area (Å²) in [6.07, 6.45) is -3.20. The smallest absolute Gasteiger partial charge is 0.416 e. The van der Waals surface area contributed by atoms with Gasteiger partial charge in [-0.2, -0.15) is 13.2 Å². The Morgan fingerprint density at radius 3 is 2.40 bits per heavy atom. The average molecular weight is 437 g/mol. The number of nitrogens with one attached hydrogen (secondary N) is 3. The normalized spacial score (nSPS) is 11.0. The van der Waals surface area contributed by atoms with Crippen LogP contribution in [-0.4, -0.2) is 22.1 Å². The molecule has 0 radical (unpaired) electrons. The summed E-state index contributed by atoms with van der Waals surface area (Å²) in [7, 11) is 1.67. The Balaban J connectivity index is 1.66. The van der Waals surface area contributed by atoms with Gasteiger partial charge in [0.25, 0.3) is 0 Å². The molecule has 0 atom stereocenters. The van der Waals surface area contributed by atoms with Gasteiger partial charge >= 0.3 is 6.18 Å². The lowest BCUT2D eigenvalue weighted by atomic mass is 10.2. The molecule has 0 bridgehead atoms. The first-order valence-electron chi connectivity index (χ1n) is 8.47. The maximum Gasteiger partial charge on any atom is 0.416 e. The molecular formula is C19H15F4N5OS. The van der Waals surface area contributed by atoms with Crippen molar-refractivity contribution in [3.05, 3.63) is 66.2 Å². The topological polar surface area (TPSA) is 71.1 Å². The summed E-state index contributed by atoms with van der Waals surface area (Å²) in [4.78, 5) is 7.83. The first-order chi connectivity index (χ1) is 14.2. The Labute approximate surface area is 174 Å². The minimum atomic E-state index is -4.47. The van der Waals surface area contributed by atoms with Crippen LogP contribution in [0.5, 0.6) is 11.6 Å². The molecule has 0 amide bonds. The van der Waals surface area contributed by atoms with Crippen molar-refractivity contribution in [3.63, 3.8) is 0 Å². The molecule has 3 rings (SSSR count). The first kappa shape index (κ1) is 21.2. The fourth-order valence-corrected chi connectivity index (χ4v) is 2.61. The molecule has 0 spiro atoms. The highest BCUT2D eigenvalue weighted by atomic mass is 32.1. The highest BCUT2D eigenvalue weighted by molar-refractivity contribution is 7.80. The molecule has 0 aliphatic carbocycles. The molecule has 3 aromatic rings. The van der Waals surface area contributed by atoms with Gasteiger partial charge in [0.1, 0.15) is 12.1 Å². The molecule has 2 aromatic carbocycles. The number of ether oxygens (including phenoxy) is 1. The lowest BCUT2D eigenvalue weighted by molar-refractivity contribution is -0.137. The Morgan fingerprint density at radius 2 is 1.73 bits per heavy atom. The SMILES string of the molecule is CNc1cc(Oc2ccc(NC(=S)Nc3cccc(C(F)(F)F)c3)cc2F)ncn1. The van der Waals surface area contributed by atoms with E-state index in [2.05, 4.69) is 25.9 Å². The van der Waals surface area contributed by atoms with Gasteiger partial charge in [0, 0.05) is 30.6 Å². The Hall–Kier alpha value is -3.47. The van der Waals surface area contributed by atoms with Gasteiger partial charge in [-0.3, -0.25) is 0 Å². The van der Waals surface area contributed by atoms with E-state index in [0.29, 0.717) is 5.82 Å². The monoisotopic (exact) mass is 437 g/mol. The number of hydrogen-bond donors (Lipinski definition) is 3. The molecule has 0 aliphatic rings. The Bertz CT molecular complexity index is 1060. The van der Waals surface area contributed by atoms with Crippen LogP contribution in [-0.2, 0) is 6.18 Å².